The van der Waals surface area contributed by atoms with Gasteiger partial charge in [-0.05, 0) is 25.3 Å². The first-order chi connectivity index (χ1) is 7.16. The smallest absolute Gasteiger partial charge is 0.345 e. The number of thioether (sulfide) groups is 1. The highest BCUT2D eigenvalue weighted by Gasteiger charge is 2.26. The van der Waals surface area contributed by atoms with Gasteiger partial charge in [0.15, 0.2) is 0 Å². The molecule has 1 aliphatic carbocycles. The minimum atomic E-state index is -0.876. The second kappa shape index (κ2) is 4.55. The van der Waals surface area contributed by atoms with E-state index in [1.807, 2.05) is 5.38 Å². The molecule has 0 radical (unpaired) electrons. The number of hydrogen-bond acceptors (Lipinski definition) is 4. The van der Waals surface area contributed by atoms with Crippen LogP contribution in [0.25, 0.3) is 0 Å². The summed E-state index contributed by atoms with van der Waals surface area (Å²) in [6, 6.07) is 1.68. The molecule has 1 heterocycles. The van der Waals surface area contributed by atoms with E-state index in [-0.39, 0.29) is 11.4 Å². The molecule has 2 unspecified atom stereocenters. The van der Waals surface area contributed by atoms with Gasteiger partial charge in [0, 0.05) is 15.5 Å². The summed E-state index contributed by atoms with van der Waals surface area (Å²) < 4.78 is 0. The summed E-state index contributed by atoms with van der Waals surface area (Å²) in [6.07, 6.45) is 2.72. The molecule has 5 heteroatoms. The SMILES string of the molecule is O=C(O)c1cc(SC2CCCC2O)cs1. The third-order valence-electron chi connectivity index (χ3n) is 2.49. The van der Waals surface area contributed by atoms with Crippen LogP contribution in [-0.2, 0) is 0 Å². The summed E-state index contributed by atoms with van der Waals surface area (Å²) in [6.45, 7) is 0. The Morgan fingerprint density at radius 1 is 1.53 bits per heavy atom. The van der Waals surface area contributed by atoms with Gasteiger partial charge in [-0.25, -0.2) is 4.79 Å². The molecule has 0 aliphatic heterocycles. The van der Waals surface area contributed by atoms with E-state index in [0.29, 0.717) is 4.88 Å². The minimum absolute atomic E-state index is 0.233. The number of carboxylic acids is 1. The number of aliphatic hydroxyl groups excluding tert-OH is 1. The van der Waals surface area contributed by atoms with Crippen LogP contribution in [0.15, 0.2) is 16.3 Å². The molecule has 1 saturated carbocycles. The van der Waals surface area contributed by atoms with Crippen LogP contribution in [0.3, 0.4) is 0 Å². The van der Waals surface area contributed by atoms with E-state index in [0.717, 1.165) is 24.2 Å². The van der Waals surface area contributed by atoms with Crippen LogP contribution < -0.4 is 0 Å². The predicted octanol–water partition coefficient (Wildman–Crippen LogP) is 2.45. The van der Waals surface area contributed by atoms with Gasteiger partial charge in [-0.1, -0.05) is 0 Å². The fraction of sp³-hybridized carbons (Fsp3) is 0.500. The summed E-state index contributed by atoms with van der Waals surface area (Å²) in [4.78, 5) is 12.0. The minimum Gasteiger partial charge on any atom is -0.477 e. The highest BCUT2D eigenvalue weighted by Crippen LogP contribution is 2.36. The van der Waals surface area contributed by atoms with Gasteiger partial charge in [-0.2, -0.15) is 0 Å². The van der Waals surface area contributed by atoms with Gasteiger partial charge >= 0.3 is 5.97 Å². The van der Waals surface area contributed by atoms with Crippen molar-refractivity contribution in [2.45, 2.75) is 35.5 Å². The molecule has 2 atom stereocenters. The second-order valence-electron chi connectivity index (χ2n) is 3.61. The fourth-order valence-electron chi connectivity index (χ4n) is 1.71. The van der Waals surface area contributed by atoms with Crippen LogP contribution >= 0.6 is 23.1 Å². The Kier molecular flexibility index (Phi) is 3.33. The van der Waals surface area contributed by atoms with Crippen molar-refractivity contribution in [2.75, 3.05) is 0 Å². The molecule has 2 N–H and O–H groups in total. The molecular weight excluding hydrogens is 232 g/mol. The first-order valence-corrected chi connectivity index (χ1v) is 6.59. The Labute approximate surface area is 96.1 Å². The summed E-state index contributed by atoms with van der Waals surface area (Å²) in [7, 11) is 0. The fourth-order valence-corrected chi connectivity index (χ4v) is 3.87. The van der Waals surface area contributed by atoms with Crippen LogP contribution in [-0.4, -0.2) is 27.5 Å². The molecule has 2 rings (SSSR count). The van der Waals surface area contributed by atoms with E-state index >= 15 is 0 Å². The van der Waals surface area contributed by atoms with Gasteiger partial charge in [-0.15, -0.1) is 23.1 Å². The lowest BCUT2D eigenvalue weighted by Crippen LogP contribution is -2.14. The van der Waals surface area contributed by atoms with Crippen LogP contribution in [0.2, 0.25) is 0 Å². The summed E-state index contributed by atoms with van der Waals surface area (Å²) >= 11 is 2.83. The molecule has 1 aliphatic rings. The molecule has 0 spiro atoms. The lowest BCUT2D eigenvalue weighted by molar-refractivity contribution is 0.0702. The van der Waals surface area contributed by atoms with Gasteiger partial charge in [-0.3, -0.25) is 0 Å². The van der Waals surface area contributed by atoms with E-state index in [1.165, 1.54) is 11.3 Å². The number of hydrogen-bond donors (Lipinski definition) is 2. The summed E-state index contributed by atoms with van der Waals surface area (Å²) in [5.41, 5.74) is 0. The van der Waals surface area contributed by atoms with E-state index in [9.17, 15) is 9.90 Å². The Hall–Kier alpha value is -0.520. The highest BCUT2D eigenvalue weighted by molar-refractivity contribution is 8.00. The van der Waals surface area contributed by atoms with E-state index < -0.39 is 5.97 Å². The molecule has 0 amide bonds. The van der Waals surface area contributed by atoms with E-state index in [4.69, 9.17) is 5.11 Å². The van der Waals surface area contributed by atoms with Crippen molar-refractivity contribution in [1.29, 1.82) is 0 Å². The number of thiophene rings is 1. The molecular formula is C10H12O3S2. The zero-order valence-corrected chi connectivity index (χ0v) is 9.68. The normalized spacial score (nSPS) is 25.7. The molecule has 0 bridgehead atoms. The molecule has 15 heavy (non-hydrogen) atoms. The maximum atomic E-state index is 10.7. The number of carboxylic acid groups (broad SMARTS) is 1. The first-order valence-electron chi connectivity index (χ1n) is 4.83. The van der Waals surface area contributed by atoms with Crippen molar-refractivity contribution in [3.63, 3.8) is 0 Å². The molecule has 1 aromatic heterocycles. The van der Waals surface area contributed by atoms with Crippen molar-refractivity contribution < 1.29 is 15.0 Å². The summed E-state index contributed by atoms with van der Waals surface area (Å²) in [5.74, 6) is -0.876. The van der Waals surface area contributed by atoms with E-state index in [1.54, 1.807) is 17.8 Å². The number of carbonyl (C=O) groups is 1. The Morgan fingerprint density at radius 2 is 2.33 bits per heavy atom. The van der Waals surface area contributed by atoms with Gasteiger partial charge < -0.3 is 10.2 Å². The third-order valence-corrected chi connectivity index (χ3v) is 4.92. The summed E-state index contributed by atoms with van der Waals surface area (Å²) in [5, 5.41) is 20.5. The van der Waals surface area contributed by atoms with Gasteiger partial charge in [0.05, 0.1) is 6.10 Å². The van der Waals surface area contributed by atoms with Gasteiger partial charge in [0.25, 0.3) is 0 Å². The second-order valence-corrected chi connectivity index (χ2v) is 5.83. The number of rotatable bonds is 3. The number of aromatic carboxylic acids is 1. The lowest BCUT2D eigenvalue weighted by Gasteiger charge is -2.11. The van der Waals surface area contributed by atoms with Gasteiger partial charge in [0.1, 0.15) is 4.88 Å². The molecule has 1 fully saturated rings. The van der Waals surface area contributed by atoms with Crippen LogP contribution in [0.1, 0.15) is 28.9 Å². The zero-order valence-electron chi connectivity index (χ0n) is 8.05. The Balaban J connectivity index is 2.01. The van der Waals surface area contributed by atoms with Crippen molar-refractivity contribution in [1.82, 2.24) is 0 Å². The predicted molar refractivity (Wildman–Crippen MR) is 60.8 cm³/mol. The van der Waals surface area contributed by atoms with Crippen LogP contribution in [0.5, 0.6) is 0 Å². The van der Waals surface area contributed by atoms with Gasteiger partial charge in [0.2, 0.25) is 0 Å². The maximum Gasteiger partial charge on any atom is 0.345 e. The Bertz CT molecular complexity index is 361. The Morgan fingerprint density at radius 3 is 2.87 bits per heavy atom. The average Bonchev–Trinajstić information content (AvgIpc) is 2.77. The van der Waals surface area contributed by atoms with Crippen molar-refractivity contribution in [3.05, 3.63) is 16.3 Å². The van der Waals surface area contributed by atoms with Crippen LogP contribution in [0, 0.1) is 0 Å². The topological polar surface area (TPSA) is 57.5 Å². The maximum absolute atomic E-state index is 10.7. The molecule has 0 aromatic carbocycles. The monoisotopic (exact) mass is 244 g/mol. The quantitative estimate of drug-likeness (QED) is 0.857. The zero-order chi connectivity index (χ0) is 10.8. The number of aliphatic hydroxyl groups is 1. The molecule has 3 nitrogen and oxygen atoms in total. The van der Waals surface area contributed by atoms with E-state index in [2.05, 4.69) is 0 Å². The molecule has 0 saturated heterocycles. The third kappa shape index (κ3) is 2.53. The highest BCUT2D eigenvalue weighted by atomic mass is 32.2. The molecule has 82 valence electrons. The first kappa shape index (κ1) is 11.0. The standard InChI is InChI=1S/C10H12O3S2/c11-7-2-1-3-8(7)15-6-4-9(10(12)13)14-5-6/h4-5,7-8,11H,1-3H2,(H,12,13). The molecule has 1 aromatic rings. The lowest BCUT2D eigenvalue weighted by atomic mass is 10.3. The van der Waals surface area contributed by atoms with Crippen molar-refractivity contribution in [3.8, 4) is 0 Å². The van der Waals surface area contributed by atoms with Crippen molar-refractivity contribution in [2.24, 2.45) is 0 Å². The van der Waals surface area contributed by atoms with Crippen LogP contribution in [0.4, 0.5) is 0 Å². The largest absolute Gasteiger partial charge is 0.477 e. The average molecular weight is 244 g/mol. The van der Waals surface area contributed by atoms with Crippen molar-refractivity contribution >= 4 is 29.1 Å².